The summed E-state index contributed by atoms with van der Waals surface area (Å²) in [4.78, 5) is 15.9. The lowest BCUT2D eigenvalue weighted by molar-refractivity contribution is 0.0961. The molecule has 0 radical (unpaired) electrons. The summed E-state index contributed by atoms with van der Waals surface area (Å²) in [5.74, 6) is -0.0761. The van der Waals surface area contributed by atoms with Gasteiger partial charge in [0.15, 0.2) is 0 Å². The van der Waals surface area contributed by atoms with E-state index in [2.05, 4.69) is 10.3 Å². The van der Waals surface area contributed by atoms with Gasteiger partial charge in [-0.3, -0.25) is 4.79 Å². The Morgan fingerprint density at radius 2 is 1.88 bits per heavy atom. The van der Waals surface area contributed by atoms with Crippen LogP contribution in [-0.4, -0.2) is 10.9 Å². The fourth-order valence-electron chi connectivity index (χ4n) is 1.86. The van der Waals surface area contributed by atoms with Crippen LogP contribution >= 0.6 is 0 Å². The summed E-state index contributed by atoms with van der Waals surface area (Å²) >= 11 is 0. The molecule has 0 spiro atoms. The van der Waals surface area contributed by atoms with Crippen LogP contribution in [0.5, 0.6) is 0 Å². The van der Waals surface area contributed by atoms with Crippen molar-refractivity contribution in [3.8, 4) is 11.3 Å². The van der Waals surface area contributed by atoms with E-state index in [4.69, 9.17) is 0 Å². The molecule has 3 heteroatoms. The first-order chi connectivity index (χ1) is 7.84. The molecule has 16 heavy (non-hydrogen) atoms. The number of fused-ring (bicyclic) bond motifs is 1. The molecule has 3 nitrogen and oxygen atoms in total. The second kappa shape index (κ2) is 3.45. The highest BCUT2D eigenvalue weighted by molar-refractivity contribution is 5.96. The average molecular weight is 210 g/mol. The van der Waals surface area contributed by atoms with E-state index in [-0.39, 0.29) is 5.91 Å². The first kappa shape index (κ1) is 9.09. The second-order valence-electron chi connectivity index (χ2n) is 3.75. The highest BCUT2D eigenvalue weighted by Crippen LogP contribution is 2.20. The molecular formula is C13H10N2O. The number of carbonyl (C=O) groups excluding carboxylic acids is 1. The molecule has 1 aromatic carbocycles. The van der Waals surface area contributed by atoms with Gasteiger partial charge in [0.25, 0.3) is 5.91 Å². The largest absolute Gasteiger partial charge is 0.347 e. The quantitative estimate of drug-likeness (QED) is 0.782. The minimum Gasteiger partial charge on any atom is -0.347 e. The number of hydrogen-bond donors (Lipinski definition) is 1. The molecule has 1 aromatic heterocycles. The van der Waals surface area contributed by atoms with Gasteiger partial charge in [-0.2, -0.15) is 0 Å². The van der Waals surface area contributed by atoms with Gasteiger partial charge in [-0.05, 0) is 6.07 Å². The number of nitrogens with zero attached hydrogens (tertiary/aromatic N) is 1. The van der Waals surface area contributed by atoms with Gasteiger partial charge >= 0.3 is 0 Å². The Morgan fingerprint density at radius 1 is 1.06 bits per heavy atom. The highest BCUT2D eigenvalue weighted by atomic mass is 16.2. The van der Waals surface area contributed by atoms with Crippen molar-refractivity contribution in [2.45, 2.75) is 6.54 Å². The van der Waals surface area contributed by atoms with Crippen LogP contribution in [-0.2, 0) is 6.54 Å². The number of rotatable bonds is 1. The fourth-order valence-corrected chi connectivity index (χ4v) is 1.86. The van der Waals surface area contributed by atoms with Crippen molar-refractivity contribution in [3.63, 3.8) is 0 Å². The van der Waals surface area contributed by atoms with Crippen molar-refractivity contribution >= 4 is 5.91 Å². The normalized spacial score (nSPS) is 13.4. The summed E-state index contributed by atoms with van der Waals surface area (Å²) in [7, 11) is 0. The maximum absolute atomic E-state index is 11.5. The third-order valence-corrected chi connectivity index (χ3v) is 2.70. The van der Waals surface area contributed by atoms with Gasteiger partial charge in [-0.25, -0.2) is 4.98 Å². The molecule has 0 fully saturated rings. The van der Waals surface area contributed by atoms with E-state index < -0.39 is 0 Å². The van der Waals surface area contributed by atoms with E-state index in [1.165, 1.54) is 0 Å². The summed E-state index contributed by atoms with van der Waals surface area (Å²) in [6.07, 6.45) is 0. The van der Waals surface area contributed by atoms with Crippen LogP contribution in [0.4, 0.5) is 0 Å². The molecule has 1 N–H and O–H groups in total. The predicted molar refractivity (Wildman–Crippen MR) is 60.8 cm³/mol. The minimum absolute atomic E-state index is 0.0761. The maximum Gasteiger partial charge on any atom is 0.270 e. The first-order valence-corrected chi connectivity index (χ1v) is 5.18. The molecule has 1 aliphatic heterocycles. The van der Waals surface area contributed by atoms with E-state index in [1.54, 1.807) is 0 Å². The molecule has 1 aliphatic rings. The smallest absolute Gasteiger partial charge is 0.270 e. The zero-order chi connectivity index (χ0) is 11.0. The number of carbonyl (C=O) groups is 1. The van der Waals surface area contributed by atoms with E-state index in [9.17, 15) is 4.79 Å². The molecule has 0 saturated carbocycles. The van der Waals surface area contributed by atoms with Gasteiger partial charge in [0, 0.05) is 17.7 Å². The Hall–Kier alpha value is -2.16. The van der Waals surface area contributed by atoms with Gasteiger partial charge in [-0.1, -0.05) is 36.4 Å². The average Bonchev–Trinajstić information content (AvgIpc) is 2.72. The highest BCUT2D eigenvalue weighted by Gasteiger charge is 2.20. The fraction of sp³-hybridized carbons (Fsp3) is 0.0769. The Bertz CT molecular complexity index is 549. The zero-order valence-corrected chi connectivity index (χ0v) is 8.60. The lowest BCUT2D eigenvalue weighted by Gasteiger charge is -2.02. The van der Waals surface area contributed by atoms with Crippen molar-refractivity contribution < 1.29 is 4.79 Å². The molecule has 0 aliphatic carbocycles. The van der Waals surface area contributed by atoms with Crippen LogP contribution in [0.1, 0.15) is 16.1 Å². The van der Waals surface area contributed by atoms with Crippen molar-refractivity contribution in [2.75, 3.05) is 0 Å². The van der Waals surface area contributed by atoms with Crippen molar-refractivity contribution in [2.24, 2.45) is 0 Å². The number of nitrogens with one attached hydrogen (secondary N) is 1. The van der Waals surface area contributed by atoms with Crippen LogP contribution in [0.2, 0.25) is 0 Å². The van der Waals surface area contributed by atoms with Crippen LogP contribution in [0.25, 0.3) is 11.3 Å². The topological polar surface area (TPSA) is 42.0 Å². The summed E-state index contributed by atoms with van der Waals surface area (Å²) in [5, 5.41) is 2.76. The van der Waals surface area contributed by atoms with E-state index in [1.807, 2.05) is 42.5 Å². The van der Waals surface area contributed by atoms with Gasteiger partial charge < -0.3 is 5.32 Å². The molecule has 3 rings (SSSR count). The van der Waals surface area contributed by atoms with E-state index in [0.717, 1.165) is 16.8 Å². The molecular weight excluding hydrogens is 200 g/mol. The van der Waals surface area contributed by atoms with E-state index in [0.29, 0.717) is 12.2 Å². The summed E-state index contributed by atoms with van der Waals surface area (Å²) in [6.45, 7) is 0.593. The molecule has 0 saturated heterocycles. The van der Waals surface area contributed by atoms with Crippen molar-refractivity contribution in [1.29, 1.82) is 0 Å². The molecule has 0 bridgehead atoms. The third-order valence-electron chi connectivity index (χ3n) is 2.70. The molecule has 1 amide bonds. The standard InChI is InChI=1S/C13H10N2O/c16-13-12-10(8-14-13)6-7-11(15-12)9-4-2-1-3-5-9/h1-7H,8H2,(H,14,16). The van der Waals surface area contributed by atoms with Crippen molar-refractivity contribution in [1.82, 2.24) is 10.3 Å². The van der Waals surface area contributed by atoms with Crippen LogP contribution in [0.3, 0.4) is 0 Å². The summed E-state index contributed by atoms with van der Waals surface area (Å²) in [6, 6.07) is 13.8. The lowest BCUT2D eigenvalue weighted by atomic mass is 10.1. The Balaban J connectivity index is 2.11. The minimum atomic E-state index is -0.0761. The first-order valence-electron chi connectivity index (χ1n) is 5.18. The summed E-state index contributed by atoms with van der Waals surface area (Å²) in [5.41, 5.74) is 3.41. The third kappa shape index (κ3) is 1.37. The summed E-state index contributed by atoms with van der Waals surface area (Å²) < 4.78 is 0. The molecule has 0 unspecified atom stereocenters. The number of amides is 1. The number of benzene rings is 1. The molecule has 2 heterocycles. The second-order valence-corrected chi connectivity index (χ2v) is 3.75. The van der Waals surface area contributed by atoms with Gasteiger partial charge in [0.1, 0.15) is 5.69 Å². The predicted octanol–water partition coefficient (Wildman–Crippen LogP) is 1.99. The van der Waals surface area contributed by atoms with Crippen LogP contribution in [0, 0.1) is 0 Å². The monoisotopic (exact) mass is 210 g/mol. The Labute approximate surface area is 93.1 Å². The number of pyridine rings is 1. The van der Waals surface area contributed by atoms with E-state index >= 15 is 0 Å². The van der Waals surface area contributed by atoms with Crippen molar-refractivity contribution in [3.05, 3.63) is 53.7 Å². The lowest BCUT2D eigenvalue weighted by Crippen LogP contribution is -2.13. The molecule has 2 aromatic rings. The SMILES string of the molecule is O=C1NCc2ccc(-c3ccccc3)nc21. The molecule has 78 valence electrons. The number of hydrogen-bond acceptors (Lipinski definition) is 2. The maximum atomic E-state index is 11.5. The van der Waals surface area contributed by atoms with Gasteiger partial charge in [-0.15, -0.1) is 0 Å². The Morgan fingerprint density at radius 3 is 2.69 bits per heavy atom. The van der Waals surface area contributed by atoms with Crippen LogP contribution in [0.15, 0.2) is 42.5 Å². The van der Waals surface area contributed by atoms with Gasteiger partial charge in [0.2, 0.25) is 0 Å². The number of aromatic nitrogens is 1. The zero-order valence-electron chi connectivity index (χ0n) is 8.60. The molecule has 0 atom stereocenters. The van der Waals surface area contributed by atoms with Crippen LogP contribution < -0.4 is 5.32 Å². The van der Waals surface area contributed by atoms with Gasteiger partial charge in [0.05, 0.1) is 5.69 Å². The Kier molecular flexibility index (Phi) is 1.96.